The lowest BCUT2D eigenvalue weighted by molar-refractivity contribution is -0.113. The lowest BCUT2D eigenvalue weighted by Gasteiger charge is -2.10. The fourth-order valence-corrected chi connectivity index (χ4v) is 4.19. The highest BCUT2D eigenvalue weighted by Gasteiger charge is 2.17. The molecular formula is C18H20ClN5O2S2. The topological polar surface area (TPSA) is 81.9 Å². The van der Waals surface area contributed by atoms with Crippen molar-refractivity contribution in [3.63, 3.8) is 0 Å². The number of carbonyl (C=O) groups is 1. The molecule has 2 heterocycles. The van der Waals surface area contributed by atoms with Crippen molar-refractivity contribution in [2.45, 2.75) is 25.0 Å². The first-order valence-corrected chi connectivity index (χ1v) is 10.8. The molecule has 2 aromatic heterocycles. The van der Waals surface area contributed by atoms with Gasteiger partial charge in [0, 0.05) is 31.2 Å². The van der Waals surface area contributed by atoms with E-state index in [2.05, 4.69) is 20.5 Å². The zero-order valence-electron chi connectivity index (χ0n) is 15.5. The van der Waals surface area contributed by atoms with Gasteiger partial charge in [-0.3, -0.25) is 4.79 Å². The van der Waals surface area contributed by atoms with E-state index in [4.69, 9.17) is 16.3 Å². The molecule has 1 amide bonds. The number of rotatable bonds is 9. The number of nitrogens with one attached hydrogen (secondary N) is 1. The molecule has 0 unspecified atom stereocenters. The van der Waals surface area contributed by atoms with Crippen molar-refractivity contribution in [1.82, 2.24) is 19.7 Å². The molecule has 3 aromatic rings. The van der Waals surface area contributed by atoms with E-state index < -0.39 is 0 Å². The van der Waals surface area contributed by atoms with E-state index in [1.54, 1.807) is 7.11 Å². The van der Waals surface area contributed by atoms with E-state index in [0.29, 0.717) is 34.3 Å². The van der Waals surface area contributed by atoms with E-state index in [9.17, 15) is 4.79 Å². The number of hydrogen-bond acceptors (Lipinski definition) is 7. The molecule has 148 valence electrons. The molecule has 1 N–H and O–H groups in total. The molecule has 0 atom stereocenters. The summed E-state index contributed by atoms with van der Waals surface area (Å²) in [5.41, 5.74) is 1.69. The summed E-state index contributed by atoms with van der Waals surface area (Å²) in [7, 11) is 1.67. The second-order valence-electron chi connectivity index (χ2n) is 5.91. The molecule has 28 heavy (non-hydrogen) atoms. The lowest BCUT2D eigenvalue weighted by Crippen LogP contribution is -2.14. The molecule has 0 radical (unpaired) electrons. The van der Waals surface area contributed by atoms with Crippen molar-refractivity contribution < 1.29 is 9.53 Å². The van der Waals surface area contributed by atoms with E-state index >= 15 is 0 Å². The van der Waals surface area contributed by atoms with Gasteiger partial charge in [0.1, 0.15) is 0 Å². The summed E-state index contributed by atoms with van der Waals surface area (Å²) in [6.45, 7) is 3.17. The Morgan fingerprint density at radius 3 is 2.89 bits per heavy atom. The highest BCUT2D eigenvalue weighted by molar-refractivity contribution is 7.99. The highest BCUT2D eigenvalue weighted by atomic mass is 35.5. The zero-order chi connectivity index (χ0) is 19.9. The number of hydrogen-bond donors (Lipinski definition) is 1. The van der Waals surface area contributed by atoms with Crippen molar-refractivity contribution in [3.8, 4) is 11.4 Å². The lowest BCUT2D eigenvalue weighted by atomic mass is 10.2. The molecule has 0 saturated carbocycles. The van der Waals surface area contributed by atoms with Crippen LogP contribution in [0.1, 0.15) is 12.1 Å². The zero-order valence-corrected chi connectivity index (χ0v) is 17.9. The number of anilines is 1. The molecule has 10 heteroatoms. The first-order chi connectivity index (χ1) is 13.6. The summed E-state index contributed by atoms with van der Waals surface area (Å²) in [6, 6.07) is 7.51. The standard InChI is InChI=1S/C18H20ClN5O2S2/c1-12-10-27-17(20-12)21-15(25)11-28-18-23-22-16(24(18)8-5-9-26-2)13-6-3-4-7-14(13)19/h3-4,6-7,10H,5,8-9,11H2,1-2H3,(H,20,21,25). The maximum atomic E-state index is 12.2. The predicted octanol–water partition coefficient (Wildman–Crippen LogP) is 4.13. The molecule has 0 bridgehead atoms. The minimum Gasteiger partial charge on any atom is -0.385 e. The normalized spacial score (nSPS) is 11.0. The SMILES string of the molecule is COCCCn1c(SCC(=O)Nc2nc(C)cs2)nnc1-c1ccccc1Cl. The predicted molar refractivity (Wildman–Crippen MR) is 113 cm³/mol. The van der Waals surface area contributed by atoms with Gasteiger partial charge >= 0.3 is 0 Å². The monoisotopic (exact) mass is 437 g/mol. The number of halogens is 1. The molecule has 0 fully saturated rings. The number of ether oxygens (including phenoxy) is 1. The molecule has 0 aliphatic rings. The minimum absolute atomic E-state index is 0.134. The average Bonchev–Trinajstić information content (AvgIpc) is 3.27. The second-order valence-corrected chi connectivity index (χ2v) is 8.12. The highest BCUT2D eigenvalue weighted by Crippen LogP contribution is 2.29. The van der Waals surface area contributed by atoms with Crippen molar-refractivity contribution in [1.29, 1.82) is 0 Å². The number of benzene rings is 1. The van der Waals surface area contributed by atoms with Gasteiger partial charge in [0.2, 0.25) is 5.91 Å². The third-order valence-corrected chi connectivity index (χ3v) is 5.93. The smallest absolute Gasteiger partial charge is 0.236 e. The molecule has 3 rings (SSSR count). The fraction of sp³-hybridized carbons (Fsp3) is 0.333. The summed E-state index contributed by atoms with van der Waals surface area (Å²) in [6.07, 6.45) is 0.796. The Morgan fingerprint density at radius 2 is 2.18 bits per heavy atom. The number of methoxy groups -OCH3 is 1. The maximum absolute atomic E-state index is 12.2. The van der Waals surface area contributed by atoms with Crippen LogP contribution in [0.25, 0.3) is 11.4 Å². The Labute approximate surface area is 176 Å². The number of thioether (sulfide) groups is 1. The van der Waals surface area contributed by atoms with Gasteiger partial charge in [-0.05, 0) is 25.5 Å². The first-order valence-electron chi connectivity index (χ1n) is 8.60. The average molecular weight is 438 g/mol. The van der Waals surface area contributed by atoms with E-state index in [1.807, 2.05) is 41.1 Å². The van der Waals surface area contributed by atoms with E-state index in [0.717, 1.165) is 17.7 Å². The van der Waals surface area contributed by atoms with Crippen LogP contribution < -0.4 is 5.32 Å². The maximum Gasteiger partial charge on any atom is 0.236 e. The van der Waals surface area contributed by atoms with Gasteiger partial charge in [-0.1, -0.05) is 35.5 Å². The van der Waals surface area contributed by atoms with Crippen LogP contribution in [0.5, 0.6) is 0 Å². The van der Waals surface area contributed by atoms with Crippen molar-refractivity contribution in [2.75, 3.05) is 24.8 Å². The Balaban J connectivity index is 1.74. The van der Waals surface area contributed by atoms with Crippen LogP contribution in [0.2, 0.25) is 5.02 Å². The second kappa shape index (κ2) is 10.0. The van der Waals surface area contributed by atoms with Crippen LogP contribution in [0.4, 0.5) is 5.13 Å². The molecule has 7 nitrogen and oxygen atoms in total. The molecule has 0 saturated heterocycles. The fourth-order valence-electron chi connectivity index (χ4n) is 2.50. The largest absolute Gasteiger partial charge is 0.385 e. The number of aromatic nitrogens is 4. The van der Waals surface area contributed by atoms with Gasteiger partial charge < -0.3 is 14.6 Å². The summed E-state index contributed by atoms with van der Waals surface area (Å²) in [5.74, 6) is 0.758. The van der Waals surface area contributed by atoms with Gasteiger partial charge in [-0.2, -0.15) is 0 Å². The van der Waals surface area contributed by atoms with Crippen LogP contribution in [-0.4, -0.2) is 45.1 Å². The third-order valence-electron chi connectivity index (χ3n) is 3.76. The van der Waals surface area contributed by atoms with Gasteiger partial charge in [0.05, 0.1) is 16.5 Å². The third kappa shape index (κ3) is 5.32. The van der Waals surface area contributed by atoms with Gasteiger partial charge in [0.15, 0.2) is 16.1 Å². The van der Waals surface area contributed by atoms with Gasteiger partial charge in [-0.15, -0.1) is 21.5 Å². The number of thiazole rings is 1. The van der Waals surface area contributed by atoms with E-state index in [1.165, 1.54) is 23.1 Å². The van der Waals surface area contributed by atoms with Crippen molar-refractivity contribution in [2.24, 2.45) is 0 Å². The molecular weight excluding hydrogens is 418 g/mol. The summed E-state index contributed by atoms with van der Waals surface area (Å²) >= 11 is 9.07. The summed E-state index contributed by atoms with van der Waals surface area (Å²) < 4.78 is 7.14. The summed E-state index contributed by atoms with van der Waals surface area (Å²) in [5, 5.41) is 15.2. The Morgan fingerprint density at radius 1 is 1.36 bits per heavy atom. The first kappa shape index (κ1) is 20.8. The van der Waals surface area contributed by atoms with Crippen LogP contribution in [-0.2, 0) is 16.1 Å². The number of nitrogens with zero attached hydrogens (tertiary/aromatic N) is 4. The minimum atomic E-state index is -0.134. The van der Waals surface area contributed by atoms with Crippen LogP contribution >= 0.6 is 34.7 Å². The molecule has 1 aromatic carbocycles. The van der Waals surface area contributed by atoms with Gasteiger partial charge in [-0.25, -0.2) is 4.98 Å². The molecule has 0 spiro atoms. The Hall–Kier alpha value is -1.94. The van der Waals surface area contributed by atoms with Crippen LogP contribution in [0.15, 0.2) is 34.8 Å². The molecule has 0 aliphatic carbocycles. The summed E-state index contributed by atoms with van der Waals surface area (Å²) in [4.78, 5) is 16.5. The number of aryl methyl sites for hydroxylation is 1. The molecule has 0 aliphatic heterocycles. The Bertz CT molecular complexity index is 944. The van der Waals surface area contributed by atoms with Crippen LogP contribution in [0, 0.1) is 6.92 Å². The number of amides is 1. The van der Waals surface area contributed by atoms with Crippen molar-refractivity contribution in [3.05, 3.63) is 40.4 Å². The van der Waals surface area contributed by atoms with E-state index in [-0.39, 0.29) is 11.7 Å². The van der Waals surface area contributed by atoms with Crippen LogP contribution in [0.3, 0.4) is 0 Å². The Kier molecular flexibility index (Phi) is 7.43. The van der Waals surface area contributed by atoms with Gasteiger partial charge in [0.25, 0.3) is 0 Å². The quantitative estimate of drug-likeness (QED) is 0.400. The van der Waals surface area contributed by atoms with Crippen molar-refractivity contribution >= 4 is 45.7 Å². The number of carbonyl (C=O) groups excluding carboxylic acids is 1.